The minimum atomic E-state index is -0.363. The number of ether oxygens (including phenoxy) is 1. The lowest BCUT2D eigenvalue weighted by Crippen LogP contribution is -2.15. The molecule has 0 spiro atoms. The molecule has 1 unspecified atom stereocenters. The van der Waals surface area contributed by atoms with Crippen LogP contribution in [-0.4, -0.2) is 0 Å². The third-order valence-corrected chi connectivity index (χ3v) is 4.24. The Bertz CT molecular complexity index is 644. The van der Waals surface area contributed by atoms with Crippen molar-refractivity contribution < 1.29 is 9.13 Å². The van der Waals surface area contributed by atoms with Crippen molar-refractivity contribution >= 4 is 21.6 Å². The lowest BCUT2D eigenvalue weighted by molar-refractivity contribution is 0.184. The van der Waals surface area contributed by atoms with Crippen molar-refractivity contribution in [2.45, 2.75) is 25.4 Å². The van der Waals surface area contributed by atoms with E-state index in [-0.39, 0.29) is 11.9 Å². The van der Waals surface area contributed by atoms with Crippen LogP contribution in [0.4, 0.5) is 10.1 Å². The second-order valence-corrected chi connectivity index (χ2v) is 5.86. The summed E-state index contributed by atoms with van der Waals surface area (Å²) < 4.78 is 19.9. The smallest absolute Gasteiger partial charge is 0.146 e. The van der Waals surface area contributed by atoms with Gasteiger partial charge in [-0.05, 0) is 52.4 Å². The summed E-state index contributed by atoms with van der Waals surface area (Å²) in [7, 11) is 0. The number of benzene rings is 2. The highest BCUT2D eigenvalue weighted by atomic mass is 79.9. The van der Waals surface area contributed by atoms with E-state index in [1.54, 1.807) is 6.07 Å². The van der Waals surface area contributed by atoms with Crippen LogP contribution in [0.1, 0.15) is 30.1 Å². The van der Waals surface area contributed by atoms with Gasteiger partial charge in [0.2, 0.25) is 0 Å². The second kappa shape index (κ2) is 5.44. The zero-order valence-corrected chi connectivity index (χ0v) is 12.5. The van der Waals surface area contributed by atoms with Gasteiger partial charge in [-0.2, -0.15) is 0 Å². The molecule has 3 rings (SSSR count). The predicted molar refractivity (Wildman–Crippen MR) is 81.3 cm³/mol. The van der Waals surface area contributed by atoms with Gasteiger partial charge >= 0.3 is 0 Å². The Balaban J connectivity index is 1.91. The van der Waals surface area contributed by atoms with Crippen LogP contribution in [0, 0.1) is 5.82 Å². The molecule has 2 aromatic carbocycles. The molecular formula is C16H15BrFNO. The summed E-state index contributed by atoms with van der Waals surface area (Å²) in [6.45, 7) is 0. The van der Waals surface area contributed by atoms with E-state index in [2.05, 4.69) is 28.1 Å². The van der Waals surface area contributed by atoms with Crippen LogP contribution >= 0.6 is 15.9 Å². The van der Waals surface area contributed by atoms with Crippen LogP contribution < -0.4 is 10.5 Å². The van der Waals surface area contributed by atoms with Gasteiger partial charge in [-0.25, -0.2) is 4.39 Å². The molecule has 0 amide bonds. The van der Waals surface area contributed by atoms with E-state index in [0.717, 1.165) is 19.3 Å². The standard InChI is InChI=1S/C16H15BrFNO/c17-12-8-14(19)16(9-13(12)18)20-15-7-3-5-10-4-1-2-6-11(10)15/h1-2,4,6,8-9,15H,3,5,7,19H2. The number of hydrogen-bond acceptors (Lipinski definition) is 2. The van der Waals surface area contributed by atoms with Gasteiger partial charge in [0.1, 0.15) is 17.7 Å². The summed E-state index contributed by atoms with van der Waals surface area (Å²) in [5.74, 6) is 0.0469. The van der Waals surface area contributed by atoms with E-state index in [1.165, 1.54) is 17.2 Å². The van der Waals surface area contributed by atoms with Crippen LogP contribution in [-0.2, 0) is 6.42 Å². The first-order valence-corrected chi connectivity index (χ1v) is 7.43. The molecule has 4 heteroatoms. The van der Waals surface area contributed by atoms with Gasteiger partial charge in [-0.3, -0.25) is 0 Å². The number of halogens is 2. The summed E-state index contributed by atoms with van der Waals surface area (Å²) in [4.78, 5) is 0. The molecular weight excluding hydrogens is 321 g/mol. The third kappa shape index (κ3) is 2.52. The number of anilines is 1. The van der Waals surface area contributed by atoms with Crippen LogP contribution in [0.5, 0.6) is 5.75 Å². The van der Waals surface area contributed by atoms with Gasteiger partial charge in [0.25, 0.3) is 0 Å². The molecule has 0 saturated carbocycles. The van der Waals surface area contributed by atoms with E-state index >= 15 is 0 Å². The van der Waals surface area contributed by atoms with E-state index in [1.807, 2.05) is 12.1 Å². The van der Waals surface area contributed by atoms with Crippen LogP contribution in [0.15, 0.2) is 40.9 Å². The zero-order valence-electron chi connectivity index (χ0n) is 10.9. The largest absolute Gasteiger partial charge is 0.483 e. The first kappa shape index (κ1) is 13.4. The molecule has 0 heterocycles. The van der Waals surface area contributed by atoms with Crippen LogP contribution in [0.2, 0.25) is 0 Å². The van der Waals surface area contributed by atoms with Gasteiger partial charge in [0, 0.05) is 6.07 Å². The molecule has 2 nitrogen and oxygen atoms in total. The van der Waals surface area contributed by atoms with Crippen molar-refractivity contribution in [3.8, 4) is 5.75 Å². The quantitative estimate of drug-likeness (QED) is 0.812. The highest BCUT2D eigenvalue weighted by Gasteiger charge is 2.22. The zero-order chi connectivity index (χ0) is 14.1. The van der Waals surface area contributed by atoms with Crippen molar-refractivity contribution in [3.05, 3.63) is 57.8 Å². The Labute approximate surface area is 125 Å². The third-order valence-electron chi connectivity index (χ3n) is 3.64. The first-order chi connectivity index (χ1) is 9.65. The molecule has 0 bridgehead atoms. The summed E-state index contributed by atoms with van der Waals surface area (Å²) in [5, 5.41) is 0. The van der Waals surface area contributed by atoms with Gasteiger partial charge in [0.15, 0.2) is 0 Å². The van der Waals surface area contributed by atoms with E-state index in [4.69, 9.17) is 10.5 Å². The number of fused-ring (bicyclic) bond motifs is 1. The fraction of sp³-hybridized carbons (Fsp3) is 0.250. The maximum absolute atomic E-state index is 13.6. The molecule has 2 aromatic rings. The van der Waals surface area contributed by atoms with Crippen molar-refractivity contribution in [3.63, 3.8) is 0 Å². The molecule has 0 fully saturated rings. The summed E-state index contributed by atoms with van der Waals surface area (Å²) >= 11 is 3.12. The molecule has 104 valence electrons. The maximum atomic E-state index is 13.6. The van der Waals surface area contributed by atoms with Crippen molar-refractivity contribution in [1.82, 2.24) is 0 Å². The molecule has 1 aliphatic carbocycles. The van der Waals surface area contributed by atoms with Gasteiger partial charge < -0.3 is 10.5 Å². The molecule has 1 atom stereocenters. The van der Waals surface area contributed by atoms with Crippen molar-refractivity contribution in [2.75, 3.05) is 5.73 Å². The second-order valence-electron chi connectivity index (χ2n) is 5.00. The maximum Gasteiger partial charge on any atom is 0.146 e. The molecule has 0 radical (unpaired) electrons. The number of nitrogen functional groups attached to an aromatic ring is 1. The normalized spacial score (nSPS) is 17.6. The minimum Gasteiger partial charge on any atom is -0.483 e. The molecule has 20 heavy (non-hydrogen) atoms. The summed E-state index contributed by atoms with van der Waals surface area (Å²) in [6, 6.07) is 11.1. The van der Waals surface area contributed by atoms with Gasteiger partial charge in [-0.15, -0.1) is 0 Å². The lowest BCUT2D eigenvalue weighted by atomic mass is 9.89. The molecule has 2 N–H and O–H groups in total. The van der Waals surface area contributed by atoms with Gasteiger partial charge in [-0.1, -0.05) is 24.3 Å². The summed E-state index contributed by atoms with van der Waals surface area (Å²) in [6.07, 6.45) is 3.01. The molecule has 0 aromatic heterocycles. The first-order valence-electron chi connectivity index (χ1n) is 6.64. The molecule has 0 saturated heterocycles. The number of hydrogen-bond donors (Lipinski definition) is 1. The SMILES string of the molecule is Nc1cc(Br)c(F)cc1OC1CCCc2ccccc21. The summed E-state index contributed by atoms with van der Waals surface area (Å²) in [5.41, 5.74) is 8.84. The number of rotatable bonds is 2. The molecule has 0 aliphatic heterocycles. The topological polar surface area (TPSA) is 35.2 Å². The van der Waals surface area contributed by atoms with E-state index in [0.29, 0.717) is 15.9 Å². The molecule has 1 aliphatic rings. The Morgan fingerprint density at radius 2 is 2.05 bits per heavy atom. The Hall–Kier alpha value is -1.55. The number of aryl methyl sites for hydroxylation is 1. The Kier molecular flexibility index (Phi) is 3.66. The van der Waals surface area contributed by atoms with Crippen molar-refractivity contribution in [2.24, 2.45) is 0 Å². The predicted octanol–water partition coefficient (Wildman–Crippen LogP) is 4.63. The van der Waals surface area contributed by atoms with E-state index < -0.39 is 0 Å². The highest BCUT2D eigenvalue weighted by molar-refractivity contribution is 9.10. The van der Waals surface area contributed by atoms with Crippen LogP contribution in [0.3, 0.4) is 0 Å². The fourth-order valence-corrected chi connectivity index (χ4v) is 2.99. The monoisotopic (exact) mass is 335 g/mol. The minimum absolute atomic E-state index is 0.0529. The number of nitrogens with two attached hydrogens (primary N) is 1. The Morgan fingerprint density at radius 1 is 1.25 bits per heavy atom. The highest BCUT2D eigenvalue weighted by Crippen LogP contribution is 2.37. The average molecular weight is 336 g/mol. The van der Waals surface area contributed by atoms with Crippen LogP contribution in [0.25, 0.3) is 0 Å². The average Bonchev–Trinajstić information content (AvgIpc) is 2.45. The fourth-order valence-electron chi connectivity index (χ4n) is 2.63. The van der Waals surface area contributed by atoms with Gasteiger partial charge in [0.05, 0.1) is 10.2 Å². The lowest BCUT2D eigenvalue weighted by Gasteiger charge is -2.26. The van der Waals surface area contributed by atoms with Crippen molar-refractivity contribution in [1.29, 1.82) is 0 Å². The van der Waals surface area contributed by atoms with E-state index in [9.17, 15) is 4.39 Å². The Morgan fingerprint density at radius 3 is 2.90 bits per heavy atom.